The van der Waals surface area contributed by atoms with Gasteiger partial charge in [0.25, 0.3) is 5.91 Å². The van der Waals surface area contributed by atoms with Crippen LogP contribution in [0.15, 0.2) is 60.0 Å². The van der Waals surface area contributed by atoms with Crippen molar-refractivity contribution in [3.05, 3.63) is 80.5 Å². The Morgan fingerprint density at radius 3 is 2.55 bits per heavy atom. The molecule has 5 nitrogen and oxygen atoms in total. The van der Waals surface area contributed by atoms with Crippen LogP contribution in [0.5, 0.6) is 0 Å². The number of rotatable bonds is 4. The van der Waals surface area contributed by atoms with Crippen LogP contribution in [0.3, 0.4) is 0 Å². The molecule has 0 saturated carbocycles. The number of carbonyl (C=O) groups is 1. The molecule has 3 aromatic heterocycles. The van der Waals surface area contributed by atoms with Crippen molar-refractivity contribution in [2.24, 2.45) is 0 Å². The van der Waals surface area contributed by atoms with E-state index >= 15 is 0 Å². The number of hydrogen-bond acceptors (Lipinski definition) is 6. The molecule has 0 aliphatic carbocycles. The van der Waals surface area contributed by atoms with E-state index in [2.05, 4.69) is 10.3 Å². The third kappa shape index (κ3) is 4.32. The SMILES string of the molecule is Cc1ccc(-c2ccc3c(N)c(C(=O)Nc4nc(-c5ccc(Cl)cc5Cl)cs4)sc3n2)cc1. The standard InChI is InChI=1S/C24H16Cl2N4OS2/c1-12-2-4-13(5-3-12)18-9-8-16-20(27)21(33-23(16)28-18)22(31)30-24-29-19(11-32-24)15-7-6-14(25)10-17(15)26/h2-11H,27H2,1H3,(H,29,30,31). The molecule has 33 heavy (non-hydrogen) atoms. The zero-order valence-corrected chi connectivity index (χ0v) is 20.4. The number of thiophene rings is 1. The fourth-order valence-corrected chi connectivity index (χ4v) is 5.56. The van der Waals surface area contributed by atoms with Gasteiger partial charge in [-0.15, -0.1) is 22.7 Å². The number of amides is 1. The first kappa shape index (κ1) is 21.9. The summed E-state index contributed by atoms with van der Waals surface area (Å²) in [5.41, 5.74) is 11.1. The Bertz CT molecular complexity index is 1510. The molecule has 0 aliphatic heterocycles. The second-order valence-corrected chi connectivity index (χ2v) is 10.1. The Morgan fingerprint density at radius 2 is 1.79 bits per heavy atom. The molecule has 164 valence electrons. The summed E-state index contributed by atoms with van der Waals surface area (Å²) in [6.45, 7) is 2.04. The van der Waals surface area contributed by atoms with Crippen molar-refractivity contribution < 1.29 is 4.79 Å². The lowest BCUT2D eigenvalue weighted by Crippen LogP contribution is -2.11. The number of carbonyl (C=O) groups excluding carboxylic acids is 1. The Labute approximate surface area is 207 Å². The highest BCUT2D eigenvalue weighted by Gasteiger charge is 2.19. The molecule has 9 heteroatoms. The van der Waals surface area contributed by atoms with Gasteiger partial charge >= 0.3 is 0 Å². The molecule has 1 amide bonds. The lowest BCUT2D eigenvalue weighted by Gasteiger charge is -2.02. The highest BCUT2D eigenvalue weighted by Crippen LogP contribution is 2.36. The zero-order valence-electron chi connectivity index (χ0n) is 17.2. The first-order valence-corrected chi connectivity index (χ1v) is 12.3. The lowest BCUT2D eigenvalue weighted by atomic mass is 10.1. The van der Waals surface area contributed by atoms with Crippen molar-refractivity contribution >= 4 is 72.8 Å². The van der Waals surface area contributed by atoms with Gasteiger partial charge in [0.1, 0.15) is 9.71 Å². The Kier molecular flexibility index (Phi) is 5.80. The van der Waals surface area contributed by atoms with E-state index in [1.165, 1.54) is 28.2 Å². The van der Waals surface area contributed by atoms with Crippen molar-refractivity contribution in [1.29, 1.82) is 0 Å². The Morgan fingerprint density at radius 1 is 1.00 bits per heavy atom. The topological polar surface area (TPSA) is 80.9 Å². The molecular formula is C24H16Cl2N4OS2. The molecular weight excluding hydrogens is 495 g/mol. The molecule has 0 radical (unpaired) electrons. The van der Waals surface area contributed by atoms with Gasteiger partial charge in [0, 0.05) is 26.9 Å². The number of nitrogen functional groups attached to an aromatic ring is 1. The minimum absolute atomic E-state index is 0.324. The smallest absolute Gasteiger partial charge is 0.269 e. The number of nitrogens with one attached hydrogen (secondary N) is 1. The second kappa shape index (κ2) is 8.76. The quantitative estimate of drug-likeness (QED) is 0.261. The highest BCUT2D eigenvalue weighted by atomic mass is 35.5. The molecule has 0 saturated heterocycles. The summed E-state index contributed by atoms with van der Waals surface area (Å²) in [6.07, 6.45) is 0. The predicted octanol–water partition coefficient (Wildman–Crippen LogP) is 7.54. The van der Waals surface area contributed by atoms with Crippen molar-refractivity contribution in [3.8, 4) is 22.5 Å². The number of pyridine rings is 1. The summed E-state index contributed by atoms with van der Waals surface area (Å²) < 4.78 is 0. The van der Waals surface area contributed by atoms with Gasteiger partial charge in [-0.25, -0.2) is 9.97 Å². The fourth-order valence-electron chi connectivity index (χ4n) is 3.36. The number of thiazole rings is 1. The number of aryl methyl sites for hydroxylation is 1. The molecule has 5 aromatic rings. The molecule has 0 spiro atoms. The monoisotopic (exact) mass is 510 g/mol. The van der Waals surface area contributed by atoms with Crippen molar-refractivity contribution in [2.45, 2.75) is 6.92 Å². The molecule has 0 atom stereocenters. The summed E-state index contributed by atoms with van der Waals surface area (Å²) in [4.78, 5) is 23.3. The predicted molar refractivity (Wildman–Crippen MR) is 140 cm³/mol. The van der Waals surface area contributed by atoms with Crippen LogP contribution in [0, 0.1) is 6.92 Å². The molecule has 2 aromatic carbocycles. The summed E-state index contributed by atoms with van der Waals surface area (Å²) in [5, 5.41) is 6.91. The summed E-state index contributed by atoms with van der Waals surface area (Å²) in [6, 6.07) is 17.2. The number of fused-ring (bicyclic) bond motifs is 1. The third-order valence-corrected chi connectivity index (χ3v) is 7.50. The first-order chi connectivity index (χ1) is 15.9. The second-order valence-electron chi connectivity index (χ2n) is 7.38. The van der Waals surface area contributed by atoms with Crippen molar-refractivity contribution in [2.75, 3.05) is 11.1 Å². The molecule has 3 heterocycles. The fraction of sp³-hybridized carbons (Fsp3) is 0.0417. The van der Waals surface area contributed by atoms with Gasteiger partial charge in [-0.3, -0.25) is 10.1 Å². The minimum atomic E-state index is -0.324. The zero-order chi connectivity index (χ0) is 23.1. The maximum Gasteiger partial charge on any atom is 0.269 e. The van der Waals surface area contributed by atoms with E-state index in [0.717, 1.165) is 22.2 Å². The van der Waals surface area contributed by atoms with E-state index < -0.39 is 0 Å². The van der Waals surface area contributed by atoms with Gasteiger partial charge in [-0.1, -0.05) is 53.0 Å². The van der Waals surface area contributed by atoms with Gasteiger partial charge in [0.15, 0.2) is 5.13 Å². The minimum Gasteiger partial charge on any atom is -0.397 e. The van der Waals surface area contributed by atoms with Gasteiger partial charge in [0.2, 0.25) is 0 Å². The van der Waals surface area contributed by atoms with Crippen LogP contribution < -0.4 is 11.1 Å². The number of nitrogens with two attached hydrogens (primary N) is 1. The van der Waals surface area contributed by atoms with Crippen LogP contribution in [0.25, 0.3) is 32.7 Å². The first-order valence-electron chi connectivity index (χ1n) is 9.87. The number of nitrogens with zero attached hydrogens (tertiary/aromatic N) is 2. The van der Waals surface area contributed by atoms with Crippen LogP contribution in [-0.4, -0.2) is 15.9 Å². The molecule has 5 rings (SSSR count). The number of anilines is 2. The van der Waals surface area contributed by atoms with Crippen LogP contribution in [0.1, 0.15) is 15.2 Å². The average molecular weight is 511 g/mol. The maximum absolute atomic E-state index is 13.0. The van der Waals surface area contributed by atoms with Gasteiger partial charge in [0.05, 0.1) is 22.1 Å². The van der Waals surface area contributed by atoms with E-state index in [4.69, 9.17) is 33.9 Å². The lowest BCUT2D eigenvalue weighted by molar-refractivity contribution is 0.103. The van der Waals surface area contributed by atoms with Crippen LogP contribution in [0.2, 0.25) is 10.0 Å². The number of hydrogen-bond donors (Lipinski definition) is 2. The summed E-state index contributed by atoms with van der Waals surface area (Å²) in [5.74, 6) is -0.324. The van der Waals surface area contributed by atoms with E-state index in [-0.39, 0.29) is 5.91 Å². The molecule has 3 N–H and O–H groups in total. The highest BCUT2D eigenvalue weighted by molar-refractivity contribution is 7.21. The van der Waals surface area contributed by atoms with Crippen LogP contribution in [-0.2, 0) is 0 Å². The van der Waals surface area contributed by atoms with Gasteiger partial charge < -0.3 is 5.73 Å². The third-order valence-electron chi connectivity index (χ3n) is 5.08. The number of halogens is 2. The van der Waals surface area contributed by atoms with Crippen LogP contribution in [0.4, 0.5) is 10.8 Å². The van der Waals surface area contributed by atoms with Crippen molar-refractivity contribution in [3.63, 3.8) is 0 Å². The normalized spacial score (nSPS) is 11.1. The average Bonchev–Trinajstić information content (AvgIpc) is 3.38. The number of aromatic nitrogens is 2. The van der Waals surface area contributed by atoms with E-state index in [1.807, 2.05) is 48.7 Å². The van der Waals surface area contributed by atoms with Gasteiger partial charge in [-0.2, -0.15) is 0 Å². The molecule has 0 aliphatic rings. The molecule has 0 fully saturated rings. The van der Waals surface area contributed by atoms with Gasteiger partial charge in [-0.05, 0) is 37.3 Å². The number of benzene rings is 2. The van der Waals surface area contributed by atoms with Crippen LogP contribution >= 0.6 is 45.9 Å². The maximum atomic E-state index is 13.0. The van der Waals surface area contributed by atoms with E-state index in [0.29, 0.717) is 36.3 Å². The Hall–Kier alpha value is -2.97. The van der Waals surface area contributed by atoms with E-state index in [9.17, 15) is 4.79 Å². The van der Waals surface area contributed by atoms with E-state index in [1.54, 1.807) is 18.2 Å². The largest absolute Gasteiger partial charge is 0.397 e. The summed E-state index contributed by atoms with van der Waals surface area (Å²) >= 11 is 14.8. The Balaban J connectivity index is 1.41. The molecule has 0 unspecified atom stereocenters. The molecule has 0 bridgehead atoms. The van der Waals surface area contributed by atoms with Crippen molar-refractivity contribution in [1.82, 2.24) is 9.97 Å². The summed E-state index contributed by atoms with van der Waals surface area (Å²) in [7, 11) is 0.